The molecule has 1 aromatic heterocycles. The molecule has 9 nitrogen and oxygen atoms in total. The van der Waals surface area contributed by atoms with E-state index < -0.39 is 17.9 Å². The standard InChI is InChI=1S/C30H36N4O5/c1-38-22-39-21-27(20-26(30(36)34-37)19-24-10-6-4-7-11-24)33-29(35)25-15-13-23(14-16-25)9-5-2-3-8-12-28-31-17-18-32-28/h4,6-7,10-11,13-18,26-27,37H,2-3,8,12,19-22H2,1H3,(H,31,32)(H,33,35)(H,34,36). The molecule has 9 heteroatoms. The molecule has 0 fully saturated rings. The molecule has 1 heterocycles. The van der Waals surface area contributed by atoms with Crippen LogP contribution in [0, 0.1) is 17.8 Å². The number of benzene rings is 2. The number of unbranched alkanes of at least 4 members (excludes halogenated alkanes) is 2. The average molecular weight is 533 g/mol. The Morgan fingerprint density at radius 2 is 1.90 bits per heavy atom. The van der Waals surface area contributed by atoms with Gasteiger partial charge in [0.05, 0.1) is 12.6 Å². The lowest BCUT2D eigenvalue weighted by Crippen LogP contribution is -2.42. The molecule has 39 heavy (non-hydrogen) atoms. The molecule has 0 bridgehead atoms. The lowest BCUT2D eigenvalue weighted by Gasteiger charge is -2.23. The van der Waals surface area contributed by atoms with Gasteiger partial charge in [0.15, 0.2) is 0 Å². The number of ether oxygens (including phenoxy) is 2. The van der Waals surface area contributed by atoms with Gasteiger partial charge in [0.1, 0.15) is 12.6 Å². The van der Waals surface area contributed by atoms with Crippen LogP contribution in [-0.2, 0) is 27.1 Å². The number of imidazole rings is 1. The molecule has 2 amide bonds. The number of nitrogens with one attached hydrogen (secondary N) is 3. The van der Waals surface area contributed by atoms with E-state index in [2.05, 4.69) is 27.1 Å². The minimum atomic E-state index is -0.578. The third-order valence-corrected chi connectivity index (χ3v) is 6.13. The first kappa shape index (κ1) is 29.6. The monoisotopic (exact) mass is 532 g/mol. The Morgan fingerprint density at radius 1 is 1.10 bits per heavy atom. The largest absolute Gasteiger partial charge is 0.359 e. The van der Waals surface area contributed by atoms with Gasteiger partial charge in [0.25, 0.3) is 5.91 Å². The predicted molar refractivity (Wildman–Crippen MR) is 147 cm³/mol. The fourth-order valence-electron chi connectivity index (χ4n) is 4.14. The summed E-state index contributed by atoms with van der Waals surface area (Å²) < 4.78 is 10.5. The van der Waals surface area contributed by atoms with E-state index in [4.69, 9.17) is 9.47 Å². The maximum atomic E-state index is 13.0. The first-order chi connectivity index (χ1) is 19.1. The number of hydrogen-bond acceptors (Lipinski definition) is 6. The Morgan fingerprint density at radius 3 is 2.59 bits per heavy atom. The topological polar surface area (TPSA) is 126 Å². The van der Waals surface area contributed by atoms with Crippen LogP contribution in [-0.4, -0.2) is 53.5 Å². The van der Waals surface area contributed by atoms with Crippen LogP contribution in [0.15, 0.2) is 67.0 Å². The van der Waals surface area contributed by atoms with Crippen molar-refractivity contribution in [2.45, 2.75) is 44.6 Å². The molecular formula is C30H36N4O5. The van der Waals surface area contributed by atoms with Gasteiger partial charge >= 0.3 is 0 Å². The highest BCUT2D eigenvalue weighted by molar-refractivity contribution is 5.94. The van der Waals surface area contributed by atoms with Gasteiger partial charge < -0.3 is 19.8 Å². The molecule has 0 spiro atoms. The van der Waals surface area contributed by atoms with Crippen LogP contribution in [0.3, 0.4) is 0 Å². The van der Waals surface area contributed by atoms with Crippen molar-refractivity contribution in [1.82, 2.24) is 20.8 Å². The van der Waals surface area contributed by atoms with E-state index >= 15 is 0 Å². The van der Waals surface area contributed by atoms with Crippen molar-refractivity contribution in [3.05, 3.63) is 89.5 Å². The van der Waals surface area contributed by atoms with Crippen LogP contribution >= 0.6 is 0 Å². The van der Waals surface area contributed by atoms with E-state index in [0.29, 0.717) is 12.0 Å². The number of carbonyl (C=O) groups excluding carboxylic acids is 2. The fraction of sp³-hybridized carbons (Fsp3) is 0.367. The Hall–Kier alpha value is -3.97. The van der Waals surface area contributed by atoms with Crippen LogP contribution in [0.2, 0.25) is 0 Å². The number of H-pyrrole nitrogens is 1. The zero-order chi connectivity index (χ0) is 27.7. The van der Waals surface area contributed by atoms with Gasteiger partial charge in [-0.1, -0.05) is 42.2 Å². The van der Waals surface area contributed by atoms with E-state index in [0.717, 1.165) is 42.6 Å². The predicted octanol–water partition coefficient (Wildman–Crippen LogP) is 3.65. The molecule has 3 rings (SSSR count). The summed E-state index contributed by atoms with van der Waals surface area (Å²) in [5.74, 6) is 5.93. The minimum absolute atomic E-state index is 0.0537. The number of aryl methyl sites for hydroxylation is 1. The van der Waals surface area contributed by atoms with E-state index in [1.54, 1.807) is 23.8 Å². The lowest BCUT2D eigenvalue weighted by atomic mass is 9.92. The maximum absolute atomic E-state index is 13.0. The molecule has 206 valence electrons. The smallest absolute Gasteiger partial charge is 0.251 e. The molecule has 2 atom stereocenters. The second kappa shape index (κ2) is 16.8. The zero-order valence-corrected chi connectivity index (χ0v) is 22.2. The van der Waals surface area contributed by atoms with Crippen LogP contribution in [0.4, 0.5) is 0 Å². The quantitative estimate of drug-likeness (QED) is 0.0779. The second-order valence-electron chi connectivity index (χ2n) is 9.17. The number of hydrogen-bond donors (Lipinski definition) is 4. The minimum Gasteiger partial charge on any atom is -0.359 e. The SMILES string of the molecule is COCOCC(CC(Cc1ccccc1)C(=O)NO)NC(=O)c1ccc(C#CCCCCc2ncc[nH]2)cc1. The normalized spacial score (nSPS) is 12.2. The van der Waals surface area contributed by atoms with Gasteiger partial charge in [0.2, 0.25) is 5.91 Å². The van der Waals surface area contributed by atoms with E-state index in [1.165, 1.54) is 7.11 Å². The van der Waals surface area contributed by atoms with Gasteiger partial charge in [-0.3, -0.25) is 14.8 Å². The summed E-state index contributed by atoms with van der Waals surface area (Å²) in [4.78, 5) is 32.8. The van der Waals surface area contributed by atoms with Crippen molar-refractivity contribution in [3.8, 4) is 11.8 Å². The van der Waals surface area contributed by atoms with Gasteiger partial charge in [0, 0.05) is 49.4 Å². The molecular weight excluding hydrogens is 496 g/mol. The summed E-state index contributed by atoms with van der Waals surface area (Å²) in [6.07, 6.45) is 7.95. The number of hydroxylamine groups is 1. The van der Waals surface area contributed by atoms with Crippen molar-refractivity contribution < 1.29 is 24.3 Å². The molecule has 0 saturated heterocycles. The Labute approximate surface area is 229 Å². The van der Waals surface area contributed by atoms with Crippen molar-refractivity contribution in [3.63, 3.8) is 0 Å². The van der Waals surface area contributed by atoms with Crippen LogP contribution in [0.1, 0.15) is 53.0 Å². The van der Waals surface area contributed by atoms with E-state index in [1.807, 2.05) is 48.7 Å². The zero-order valence-electron chi connectivity index (χ0n) is 22.2. The highest BCUT2D eigenvalue weighted by atomic mass is 16.7. The van der Waals surface area contributed by atoms with Crippen LogP contribution in [0.25, 0.3) is 0 Å². The highest BCUT2D eigenvalue weighted by Gasteiger charge is 2.25. The summed E-state index contributed by atoms with van der Waals surface area (Å²) in [6, 6.07) is 16.1. The Balaban J connectivity index is 1.56. The lowest BCUT2D eigenvalue weighted by molar-refractivity contribution is -0.134. The number of aromatic nitrogens is 2. The van der Waals surface area contributed by atoms with E-state index in [9.17, 15) is 14.8 Å². The maximum Gasteiger partial charge on any atom is 0.251 e. The van der Waals surface area contributed by atoms with Crippen molar-refractivity contribution in [2.75, 3.05) is 20.5 Å². The summed E-state index contributed by atoms with van der Waals surface area (Å²) >= 11 is 0. The summed E-state index contributed by atoms with van der Waals surface area (Å²) in [5.41, 5.74) is 4.00. The third-order valence-electron chi connectivity index (χ3n) is 6.13. The third kappa shape index (κ3) is 10.7. The number of nitrogens with zero attached hydrogens (tertiary/aromatic N) is 1. The average Bonchev–Trinajstić information content (AvgIpc) is 3.48. The first-order valence-electron chi connectivity index (χ1n) is 13.0. The molecule has 4 N–H and O–H groups in total. The Kier molecular flexibility index (Phi) is 12.7. The number of rotatable bonds is 15. The molecule has 3 aromatic rings. The highest BCUT2D eigenvalue weighted by Crippen LogP contribution is 2.16. The van der Waals surface area contributed by atoms with Crippen LogP contribution in [0.5, 0.6) is 0 Å². The second-order valence-corrected chi connectivity index (χ2v) is 9.17. The van der Waals surface area contributed by atoms with Crippen molar-refractivity contribution >= 4 is 11.8 Å². The molecule has 2 aromatic carbocycles. The fourth-order valence-corrected chi connectivity index (χ4v) is 4.14. The number of carbonyl (C=O) groups is 2. The molecule has 0 saturated carbocycles. The number of aromatic amines is 1. The van der Waals surface area contributed by atoms with Gasteiger partial charge in [-0.05, 0) is 55.5 Å². The summed E-state index contributed by atoms with van der Waals surface area (Å²) in [6.45, 7) is 0.200. The van der Waals surface area contributed by atoms with Gasteiger partial charge in [-0.25, -0.2) is 10.5 Å². The summed E-state index contributed by atoms with van der Waals surface area (Å²) in [7, 11) is 1.51. The number of methoxy groups -OCH3 is 1. The van der Waals surface area contributed by atoms with Gasteiger partial charge in [-0.2, -0.15) is 0 Å². The van der Waals surface area contributed by atoms with Crippen LogP contribution < -0.4 is 10.8 Å². The molecule has 0 radical (unpaired) electrons. The number of amides is 2. The molecule has 2 unspecified atom stereocenters. The Bertz CT molecular complexity index is 1190. The molecule has 0 aliphatic heterocycles. The molecule has 0 aliphatic carbocycles. The molecule has 0 aliphatic rings. The summed E-state index contributed by atoms with van der Waals surface area (Å²) in [5, 5.41) is 12.2. The van der Waals surface area contributed by atoms with E-state index in [-0.39, 0.29) is 25.7 Å². The first-order valence-corrected chi connectivity index (χ1v) is 13.0. The van der Waals surface area contributed by atoms with Crippen molar-refractivity contribution in [1.29, 1.82) is 0 Å². The van der Waals surface area contributed by atoms with Crippen molar-refractivity contribution in [2.24, 2.45) is 5.92 Å². The van der Waals surface area contributed by atoms with Gasteiger partial charge in [-0.15, -0.1) is 0 Å².